The Morgan fingerprint density at radius 3 is 2.44 bits per heavy atom. The van der Waals surface area contributed by atoms with Crippen LogP contribution in [0.2, 0.25) is 5.82 Å². The number of halogens is 1. The van der Waals surface area contributed by atoms with Gasteiger partial charge in [-0.25, -0.2) is 0 Å². The van der Waals surface area contributed by atoms with Crippen LogP contribution in [0.25, 0.3) is 0 Å². The standard InChI is InChI=1S/C4H13B3IP/c1-4(2)5-6-7(8)9-3/h4-6,9H,1-3H3. The summed E-state index contributed by atoms with van der Waals surface area (Å²) >= 11 is 2.55. The summed E-state index contributed by atoms with van der Waals surface area (Å²) in [6.45, 7) is 6.88. The molecule has 1 atom stereocenters. The molecule has 0 saturated heterocycles. The largest absolute Gasteiger partial charge is 0.197 e. The maximum atomic E-state index is 2.55. The van der Waals surface area contributed by atoms with E-state index in [1.54, 1.807) is 0 Å². The molecule has 0 nitrogen and oxygen atoms in total. The van der Waals surface area contributed by atoms with Crippen molar-refractivity contribution in [3.05, 3.63) is 0 Å². The monoisotopic (exact) mass is 252 g/mol. The van der Waals surface area contributed by atoms with Crippen molar-refractivity contribution in [2.24, 2.45) is 0 Å². The second-order valence-corrected chi connectivity index (χ2v) is 6.68. The minimum absolute atomic E-state index is 0.888. The topological polar surface area (TPSA) is 0 Å². The maximum absolute atomic E-state index is 2.55. The highest BCUT2D eigenvalue weighted by Gasteiger charge is 2.08. The summed E-state index contributed by atoms with van der Waals surface area (Å²) in [5, 5.41) is 0. The molecule has 0 aromatic rings. The molecule has 0 saturated carbocycles. The van der Waals surface area contributed by atoms with E-state index < -0.39 is 0 Å². The van der Waals surface area contributed by atoms with Crippen LogP contribution in [0.5, 0.6) is 0 Å². The molecule has 0 aromatic carbocycles. The Hall–Kier alpha value is 1.35. The average molecular weight is 251 g/mol. The second kappa shape index (κ2) is 6.09. The summed E-state index contributed by atoms with van der Waals surface area (Å²) < 4.78 is 0.935. The molecule has 0 aliphatic heterocycles. The van der Waals surface area contributed by atoms with E-state index in [1.165, 1.54) is 14.2 Å². The Balaban J connectivity index is 3.06. The zero-order chi connectivity index (χ0) is 7.28. The van der Waals surface area contributed by atoms with Gasteiger partial charge in [-0.1, -0.05) is 26.3 Å². The summed E-state index contributed by atoms with van der Waals surface area (Å²) in [5.41, 5.74) is 0. The van der Waals surface area contributed by atoms with Gasteiger partial charge in [0.15, 0.2) is 4.18 Å². The zero-order valence-electron chi connectivity index (χ0n) is 6.45. The Morgan fingerprint density at radius 2 is 2.11 bits per heavy atom. The quantitative estimate of drug-likeness (QED) is 0.402. The first-order valence-electron chi connectivity index (χ1n) is 3.48. The van der Waals surface area contributed by atoms with Crippen LogP contribution in [-0.2, 0) is 0 Å². The minimum atomic E-state index is 0.888. The molecule has 0 spiro atoms. The van der Waals surface area contributed by atoms with Crippen LogP contribution in [0, 0.1) is 0 Å². The predicted octanol–water partition coefficient (Wildman–Crippen LogP) is 1.33. The Morgan fingerprint density at radius 1 is 1.56 bits per heavy atom. The van der Waals surface area contributed by atoms with Crippen molar-refractivity contribution in [3.63, 3.8) is 0 Å². The van der Waals surface area contributed by atoms with E-state index in [0.29, 0.717) is 0 Å². The molecule has 0 aliphatic carbocycles. The highest BCUT2D eigenvalue weighted by Crippen LogP contribution is 2.14. The third kappa shape index (κ3) is 7.25. The lowest BCUT2D eigenvalue weighted by atomic mass is 9.24. The minimum Gasteiger partial charge on any atom is -0.155 e. The third-order valence-corrected chi connectivity index (χ3v) is 4.72. The predicted molar refractivity (Wildman–Crippen MR) is 63.4 cm³/mol. The number of rotatable bonds is 4. The number of hydrogen-bond donors (Lipinski definition) is 0. The van der Waals surface area contributed by atoms with Crippen molar-refractivity contribution in [2.45, 2.75) is 19.7 Å². The molecule has 5 heteroatoms. The van der Waals surface area contributed by atoms with Gasteiger partial charge in [0.1, 0.15) is 0 Å². The fraction of sp³-hybridized carbons (Fsp3) is 1.00. The van der Waals surface area contributed by atoms with E-state index in [-0.39, 0.29) is 0 Å². The molecule has 0 aliphatic rings. The molecule has 0 amide bonds. The molecule has 0 aromatic heterocycles. The van der Waals surface area contributed by atoms with Crippen LogP contribution in [0.15, 0.2) is 0 Å². The van der Waals surface area contributed by atoms with E-state index in [1.807, 2.05) is 0 Å². The van der Waals surface area contributed by atoms with Crippen molar-refractivity contribution < 1.29 is 0 Å². The van der Waals surface area contributed by atoms with Crippen molar-refractivity contribution >= 4 is 49.2 Å². The molecule has 0 rings (SSSR count). The van der Waals surface area contributed by atoms with Gasteiger partial charge in [-0.2, -0.15) is 30.8 Å². The van der Waals surface area contributed by atoms with Gasteiger partial charge in [-0.05, 0) is 0 Å². The van der Waals surface area contributed by atoms with Gasteiger partial charge in [0.2, 0.25) is 0 Å². The average Bonchev–Trinajstić information content (AvgIpc) is 1.83. The SMILES string of the molecule is CPB(I)BBC(C)C. The van der Waals surface area contributed by atoms with Crippen LogP contribution in [-0.4, -0.2) is 25.1 Å². The summed E-state index contributed by atoms with van der Waals surface area (Å²) in [5.74, 6) is 0.888. The van der Waals surface area contributed by atoms with E-state index in [9.17, 15) is 0 Å². The van der Waals surface area contributed by atoms with Gasteiger partial charge in [-0.3, -0.25) is 0 Å². The normalized spacial score (nSPS) is 10.8. The first-order valence-corrected chi connectivity index (χ1v) is 6.30. The van der Waals surface area contributed by atoms with Gasteiger partial charge in [0, 0.05) is 0 Å². The third-order valence-electron chi connectivity index (χ3n) is 1.31. The Labute approximate surface area is 75.5 Å². The van der Waals surface area contributed by atoms with E-state index in [4.69, 9.17) is 0 Å². The van der Waals surface area contributed by atoms with E-state index in [0.717, 1.165) is 18.5 Å². The molecule has 1 unspecified atom stereocenters. The van der Waals surface area contributed by atoms with Crippen molar-refractivity contribution in [2.75, 3.05) is 6.66 Å². The van der Waals surface area contributed by atoms with E-state index >= 15 is 0 Å². The van der Waals surface area contributed by atoms with Gasteiger partial charge < -0.3 is 0 Å². The van der Waals surface area contributed by atoms with Gasteiger partial charge in [0.05, 0.1) is 14.2 Å². The van der Waals surface area contributed by atoms with Crippen LogP contribution in [0.1, 0.15) is 13.8 Å². The van der Waals surface area contributed by atoms with Crippen molar-refractivity contribution in [1.82, 2.24) is 0 Å². The maximum Gasteiger partial charge on any atom is 0.197 e. The van der Waals surface area contributed by atoms with Gasteiger partial charge in [0.25, 0.3) is 0 Å². The lowest BCUT2D eigenvalue weighted by Gasteiger charge is -2.01. The smallest absolute Gasteiger partial charge is 0.155 e. The van der Waals surface area contributed by atoms with Gasteiger partial charge >= 0.3 is 0 Å². The lowest BCUT2D eigenvalue weighted by Crippen LogP contribution is -2.18. The molecule has 50 valence electrons. The molecule has 0 heterocycles. The van der Waals surface area contributed by atoms with Crippen LogP contribution < -0.4 is 0 Å². The first-order chi connectivity index (χ1) is 4.16. The number of hydrogen-bond acceptors (Lipinski definition) is 0. The summed E-state index contributed by atoms with van der Waals surface area (Å²) in [7, 11) is 3.92. The van der Waals surface area contributed by atoms with Crippen LogP contribution in [0.4, 0.5) is 0 Å². The first kappa shape index (κ1) is 10.4. The Bertz CT molecular complexity index is 70.8. The van der Waals surface area contributed by atoms with Crippen LogP contribution >= 0.6 is 30.8 Å². The molecule has 0 bridgehead atoms. The summed E-state index contributed by atoms with van der Waals surface area (Å²) in [6.07, 6.45) is 0. The molecule has 9 heavy (non-hydrogen) atoms. The molecule has 0 N–H and O–H groups in total. The second-order valence-electron chi connectivity index (χ2n) is 2.73. The molecule has 0 radical (unpaired) electrons. The molecule has 0 fully saturated rings. The van der Waals surface area contributed by atoms with Crippen LogP contribution in [0.3, 0.4) is 0 Å². The fourth-order valence-corrected chi connectivity index (χ4v) is 1.44. The molecular formula is C4H13B3IP. The van der Waals surface area contributed by atoms with Gasteiger partial charge in [-0.15, -0.1) is 0 Å². The Kier molecular flexibility index (Phi) is 7.01. The summed E-state index contributed by atoms with van der Waals surface area (Å²) in [6, 6.07) is 0. The fourth-order valence-electron chi connectivity index (χ4n) is 0.624. The van der Waals surface area contributed by atoms with Crippen molar-refractivity contribution in [3.8, 4) is 0 Å². The highest BCUT2D eigenvalue weighted by molar-refractivity contribution is 14.1. The highest BCUT2D eigenvalue weighted by atomic mass is 127. The van der Waals surface area contributed by atoms with Crippen molar-refractivity contribution in [1.29, 1.82) is 0 Å². The molecular weight excluding hydrogens is 238 g/mol. The summed E-state index contributed by atoms with van der Waals surface area (Å²) in [4.78, 5) is 0. The zero-order valence-corrected chi connectivity index (χ0v) is 9.60. The van der Waals surface area contributed by atoms with E-state index in [2.05, 4.69) is 42.9 Å². The lowest BCUT2D eigenvalue weighted by molar-refractivity contribution is 1.07.